The van der Waals surface area contributed by atoms with Crippen molar-refractivity contribution in [2.24, 2.45) is 4.99 Å². The average molecular weight is 464 g/mol. The predicted molar refractivity (Wildman–Crippen MR) is 125 cm³/mol. The Labute approximate surface area is 196 Å². The van der Waals surface area contributed by atoms with Crippen molar-refractivity contribution in [1.82, 2.24) is 14.7 Å². The van der Waals surface area contributed by atoms with E-state index in [1.54, 1.807) is 11.9 Å². The minimum atomic E-state index is -0.759. The molecule has 0 aliphatic carbocycles. The first-order valence-electron chi connectivity index (χ1n) is 10.5. The minimum absolute atomic E-state index is 0.263. The van der Waals surface area contributed by atoms with Gasteiger partial charge in [-0.05, 0) is 31.5 Å². The van der Waals surface area contributed by atoms with Gasteiger partial charge in [0.05, 0.1) is 17.9 Å². The number of likely N-dealkylation sites (N-methyl/N-ethyl adjacent to an activating group) is 1. The normalized spacial score (nSPS) is 21.8. The van der Waals surface area contributed by atoms with Gasteiger partial charge in [-0.2, -0.15) is 0 Å². The molecule has 3 aliphatic heterocycles. The van der Waals surface area contributed by atoms with Crippen LogP contribution in [0.1, 0.15) is 18.1 Å². The van der Waals surface area contributed by atoms with E-state index >= 15 is 0 Å². The number of anilines is 1. The summed E-state index contributed by atoms with van der Waals surface area (Å²) in [5.74, 6) is -0.168. The van der Waals surface area contributed by atoms with Crippen LogP contribution in [0, 0.1) is 6.92 Å². The Hall–Kier alpha value is -3.65. The summed E-state index contributed by atoms with van der Waals surface area (Å²) in [6.45, 7) is 3.08. The summed E-state index contributed by atoms with van der Waals surface area (Å²) in [6.07, 6.45) is 1.19. The van der Waals surface area contributed by atoms with Gasteiger partial charge in [0.25, 0.3) is 5.91 Å². The highest BCUT2D eigenvalue weighted by molar-refractivity contribution is 6.31. The highest BCUT2D eigenvalue weighted by Crippen LogP contribution is 2.41. The highest BCUT2D eigenvalue weighted by Gasteiger charge is 2.55. The molecule has 2 atom stereocenters. The van der Waals surface area contributed by atoms with E-state index in [0.717, 1.165) is 27.4 Å². The van der Waals surface area contributed by atoms with E-state index in [4.69, 9.17) is 16.6 Å². The lowest BCUT2D eigenvalue weighted by molar-refractivity contribution is -0.139. The number of halogens is 1. The largest absolute Gasteiger partial charge is 0.328 e. The lowest BCUT2D eigenvalue weighted by atomic mass is 10.1. The molecule has 5 rings (SSSR count). The van der Waals surface area contributed by atoms with E-state index in [1.807, 2.05) is 66.6 Å². The van der Waals surface area contributed by atoms with Crippen LogP contribution in [-0.4, -0.2) is 64.2 Å². The number of benzene rings is 2. The van der Waals surface area contributed by atoms with Crippen LogP contribution >= 0.6 is 11.6 Å². The smallest absolute Gasteiger partial charge is 0.302 e. The van der Waals surface area contributed by atoms with Crippen molar-refractivity contribution in [3.05, 3.63) is 70.9 Å². The highest BCUT2D eigenvalue weighted by atomic mass is 35.5. The van der Waals surface area contributed by atoms with Crippen LogP contribution in [0.3, 0.4) is 0 Å². The van der Waals surface area contributed by atoms with Crippen molar-refractivity contribution in [3.63, 3.8) is 0 Å². The number of amides is 3. The van der Waals surface area contributed by atoms with Gasteiger partial charge in [-0.25, -0.2) is 9.79 Å². The molecule has 1 saturated heterocycles. The first kappa shape index (κ1) is 21.2. The molecule has 0 radical (unpaired) electrons. The van der Waals surface area contributed by atoms with E-state index < -0.39 is 24.1 Å². The van der Waals surface area contributed by atoms with E-state index in [0.29, 0.717) is 11.0 Å². The number of carbonyl (C=O) groups is 3. The predicted octanol–water partition coefficient (Wildman–Crippen LogP) is 3.32. The van der Waals surface area contributed by atoms with E-state index in [9.17, 15) is 14.4 Å². The molecular formula is C24H22ClN5O3. The first-order valence-corrected chi connectivity index (χ1v) is 10.9. The zero-order valence-corrected chi connectivity index (χ0v) is 19.2. The topological polar surface area (TPSA) is 76.5 Å². The fraction of sp³-hybridized carbons (Fsp3) is 0.250. The quantitative estimate of drug-likeness (QED) is 0.695. The Balaban J connectivity index is 1.64. The summed E-state index contributed by atoms with van der Waals surface area (Å²) >= 11 is 6.34. The number of urea groups is 1. The lowest BCUT2D eigenvalue weighted by Crippen LogP contribution is -2.64. The van der Waals surface area contributed by atoms with Crippen molar-refractivity contribution in [2.75, 3.05) is 18.5 Å². The fourth-order valence-corrected chi connectivity index (χ4v) is 4.64. The van der Waals surface area contributed by atoms with Crippen LogP contribution in [0.25, 0.3) is 5.70 Å². The van der Waals surface area contributed by atoms with Gasteiger partial charge in [-0.3, -0.25) is 24.3 Å². The second-order valence-electron chi connectivity index (χ2n) is 8.36. The monoisotopic (exact) mass is 463 g/mol. The molecular weight excluding hydrogens is 442 g/mol. The standard InChI is InChI=1S/C24H22ClN5O3/c1-14-9-10-17(25)11-18(14)30-19(16-7-5-4-6-8-16)13-28-20-21(26-23(28)30)27(3)24(33)29(22(20)32)12-15(2)31/h4-11,13,20-21H,12H2,1-3H3. The Morgan fingerprint density at radius 3 is 2.55 bits per heavy atom. The number of aliphatic imine (C=N–C) groups is 1. The van der Waals surface area contributed by atoms with Gasteiger partial charge < -0.3 is 4.90 Å². The van der Waals surface area contributed by atoms with Crippen LogP contribution in [0.4, 0.5) is 10.5 Å². The number of guanidine groups is 1. The van der Waals surface area contributed by atoms with Crippen LogP contribution in [-0.2, 0) is 9.59 Å². The van der Waals surface area contributed by atoms with Crippen molar-refractivity contribution in [3.8, 4) is 0 Å². The fourth-order valence-electron chi connectivity index (χ4n) is 4.48. The average Bonchev–Trinajstić information content (AvgIpc) is 3.34. The maximum atomic E-state index is 13.4. The molecule has 0 bridgehead atoms. The van der Waals surface area contributed by atoms with Gasteiger partial charge in [0.1, 0.15) is 5.78 Å². The number of rotatable bonds is 4. The SMILES string of the molecule is CC(=O)CN1C(=O)C2C(N=C3N(c4cc(Cl)ccc4C)C(c4ccccc4)=CN32)N(C)C1=O. The summed E-state index contributed by atoms with van der Waals surface area (Å²) in [7, 11) is 1.60. The third-order valence-corrected chi connectivity index (χ3v) is 6.31. The molecule has 3 amide bonds. The first-order chi connectivity index (χ1) is 15.8. The molecule has 3 heterocycles. The molecule has 0 saturated carbocycles. The number of nitrogens with zero attached hydrogens (tertiary/aromatic N) is 5. The van der Waals surface area contributed by atoms with Gasteiger partial charge in [0.2, 0.25) is 5.96 Å². The molecule has 168 valence electrons. The Kier molecular flexibility index (Phi) is 4.97. The zero-order chi connectivity index (χ0) is 23.4. The number of aryl methyl sites for hydroxylation is 1. The van der Waals surface area contributed by atoms with Crippen molar-refractivity contribution < 1.29 is 14.4 Å². The molecule has 2 aromatic rings. The van der Waals surface area contributed by atoms with E-state index in [2.05, 4.69) is 0 Å². The number of carbonyl (C=O) groups excluding carboxylic acids is 3. The van der Waals surface area contributed by atoms with Gasteiger partial charge in [0, 0.05) is 23.8 Å². The van der Waals surface area contributed by atoms with Crippen molar-refractivity contribution in [1.29, 1.82) is 0 Å². The molecule has 9 heteroatoms. The third-order valence-electron chi connectivity index (χ3n) is 6.07. The van der Waals surface area contributed by atoms with Crippen LogP contribution in [0.2, 0.25) is 5.02 Å². The number of hydrogen-bond donors (Lipinski definition) is 0. The van der Waals surface area contributed by atoms with Gasteiger partial charge in [-0.15, -0.1) is 0 Å². The van der Waals surface area contributed by atoms with Gasteiger partial charge >= 0.3 is 6.03 Å². The van der Waals surface area contributed by atoms with E-state index in [1.165, 1.54) is 11.8 Å². The molecule has 2 aromatic carbocycles. The molecule has 2 unspecified atom stereocenters. The van der Waals surface area contributed by atoms with Crippen LogP contribution < -0.4 is 4.90 Å². The molecule has 33 heavy (non-hydrogen) atoms. The Bertz CT molecular complexity index is 1240. The molecule has 1 fully saturated rings. The molecule has 3 aliphatic rings. The number of fused-ring (bicyclic) bond motifs is 3. The maximum Gasteiger partial charge on any atom is 0.328 e. The zero-order valence-electron chi connectivity index (χ0n) is 18.4. The summed E-state index contributed by atoms with van der Waals surface area (Å²) in [5, 5.41) is 0.577. The molecule has 0 aromatic heterocycles. The summed E-state index contributed by atoms with van der Waals surface area (Å²) in [4.78, 5) is 48.9. The van der Waals surface area contributed by atoms with Crippen LogP contribution in [0.5, 0.6) is 0 Å². The number of Topliss-reactive ketones (excluding diaryl/α,β-unsaturated/α-hetero) is 1. The molecule has 8 nitrogen and oxygen atoms in total. The second-order valence-corrected chi connectivity index (χ2v) is 8.80. The summed E-state index contributed by atoms with van der Waals surface area (Å²) in [6, 6.07) is 14.1. The third kappa shape index (κ3) is 3.29. The number of imide groups is 1. The minimum Gasteiger partial charge on any atom is -0.302 e. The summed E-state index contributed by atoms with van der Waals surface area (Å²) < 4.78 is 0. The number of ketones is 1. The Morgan fingerprint density at radius 2 is 1.85 bits per heavy atom. The van der Waals surface area contributed by atoms with Gasteiger partial charge in [-0.1, -0.05) is 48.0 Å². The number of hydrogen-bond acceptors (Lipinski definition) is 6. The lowest BCUT2D eigenvalue weighted by Gasteiger charge is -2.39. The molecule has 0 N–H and O–H groups in total. The van der Waals surface area contributed by atoms with Crippen molar-refractivity contribution in [2.45, 2.75) is 26.1 Å². The van der Waals surface area contributed by atoms with E-state index in [-0.39, 0.29) is 12.3 Å². The maximum absolute atomic E-state index is 13.4. The van der Waals surface area contributed by atoms with Gasteiger partial charge in [0.15, 0.2) is 12.2 Å². The summed E-state index contributed by atoms with van der Waals surface area (Å²) in [5.41, 5.74) is 3.59. The van der Waals surface area contributed by atoms with Crippen LogP contribution in [0.15, 0.2) is 59.7 Å². The van der Waals surface area contributed by atoms with Crippen molar-refractivity contribution >= 4 is 46.7 Å². The Morgan fingerprint density at radius 1 is 1.12 bits per heavy atom. The second kappa shape index (κ2) is 7.74. The molecule has 0 spiro atoms.